The maximum atomic E-state index is 11.3. The standard InChI is InChI=1S/C11H10N4O3S/c1-6-8(10(16)17)9(15-11(18)14-6)19-5-7-4-12-2-3-13-7/h2-4H,5H2,1H3,(H,16,17)(H,14,15,18). The molecule has 8 heteroatoms. The second-order valence-corrected chi connectivity index (χ2v) is 4.60. The molecule has 0 aliphatic rings. The summed E-state index contributed by atoms with van der Waals surface area (Å²) in [5, 5.41) is 9.31. The third kappa shape index (κ3) is 3.16. The Morgan fingerprint density at radius 3 is 2.89 bits per heavy atom. The first-order chi connectivity index (χ1) is 9.08. The van der Waals surface area contributed by atoms with Gasteiger partial charge in [0.1, 0.15) is 10.6 Å². The van der Waals surface area contributed by atoms with E-state index in [0.29, 0.717) is 11.4 Å². The molecule has 0 saturated heterocycles. The summed E-state index contributed by atoms with van der Waals surface area (Å²) < 4.78 is 0. The fourth-order valence-electron chi connectivity index (χ4n) is 1.46. The van der Waals surface area contributed by atoms with Crippen LogP contribution in [0.5, 0.6) is 0 Å². The first-order valence-corrected chi connectivity index (χ1v) is 6.28. The zero-order valence-electron chi connectivity index (χ0n) is 9.95. The highest BCUT2D eigenvalue weighted by atomic mass is 32.2. The van der Waals surface area contributed by atoms with Gasteiger partial charge in [-0.15, -0.1) is 0 Å². The van der Waals surface area contributed by atoms with Crippen LogP contribution in [0.15, 0.2) is 28.4 Å². The minimum Gasteiger partial charge on any atom is -0.478 e. The van der Waals surface area contributed by atoms with Crippen LogP contribution in [0.25, 0.3) is 0 Å². The van der Waals surface area contributed by atoms with E-state index in [9.17, 15) is 9.59 Å². The lowest BCUT2D eigenvalue weighted by atomic mass is 10.2. The van der Waals surface area contributed by atoms with Crippen molar-refractivity contribution in [1.29, 1.82) is 0 Å². The molecule has 2 N–H and O–H groups in total. The largest absolute Gasteiger partial charge is 0.478 e. The number of nitrogens with one attached hydrogen (secondary N) is 1. The van der Waals surface area contributed by atoms with Crippen molar-refractivity contribution in [2.24, 2.45) is 0 Å². The molecule has 0 atom stereocenters. The smallest absolute Gasteiger partial charge is 0.346 e. The molecule has 0 fully saturated rings. The maximum absolute atomic E-state index is 11.3. The monoisotopic (exact) mass is 278 g/mol. The molecule has 0 radical (unpaired) electrons. The number of carbonyl (C=O) groups is 1. The van der Waals surface area contributed by atoms with E-state index in [1.165, 1.54) is 6.92 Å². The molecular formula is C11H10N4O3S. The fraction of sp³-hybridized carbons (Fsp3) is 0.182. The summed E-state index contributed by atoms with van der Waals surface area (Å²) >= 11 is 1.14. The van der Waals surface area contributed by atoms with Gasteiger partial charge in [0.25, 0.3) is 0 Å². The summed E-state index contributed by atoms with van der Waals surface area (Å²) in [6.45, 7) is 1.53. The second kappa shape index (κ2) is 5.61. The van der Waals surface area contributed by atoms with Gasteiger partial charge in [0, 0.05) is 30.0 Å². The molecule has 0 spiro atoms. The number of aromatic amines is 1. The van der Waals surface area contributed by atoms with Crippen molar-refractivity contribution in [2.75, 3.05) is 0 Å². The molecule has 19 heavy (non-hydrogen) atoms. The number of thioether (sulfide) groups is 1. The van der Waals surface area contributed by atoms with Crippen molar-refractivity contribution in [3.63, 3.8) is 0 Å². The minimum absolute atomic E-state index is 0.00786. The maximum Gasteiger partial charge on any atom is 0.346 e. The third-order valence-electron chi connectivity index (χ3n) is 2.27. The van der Waals surface area contributed by atoms with Gasteiger partial charge >= 0.3 is 11.7 Å². The number of aromatic carboxylic acids is 1. The Bertz CT molecular complexity index is 657. The van der Waals surface area contributed by atoms with E-state index in [1.807, 2.05) is 0 Å². The van der Waals surface area contributed by atoms with E-state index >= 15 is 0 Å². The summed E-state index contributed by atoms with van der Waals surface area (Å²) in [5.74, 6) is -0.729. The molecule has 2 aromatic heterocycles. The molecule has 98 valence electrons. The predicted molar refractivity (Wildman–Crippen MR) is 68.1 cm³/mol. The van der Waals surface area contributed by atoms with E-state index in [1.54, 1.807) is 18.6 Å². The highest BCUT2D eigenvalue weighted by molar-refractivity contribution is 7.98. The van der Waals surface area contributed by atoms with Gasteiger partial charge < -0.3 is 10.1 Å². The third-order valence-corrected chi connectivity index (χ3v) is 3.28. The zero-order valence-corrected chi connectivity index (χ0v) is 10.8. The van der Waals surface area contributed by atoms with E-state index in [4.69, 9.17) is 5.11 Å². The summed E-state index contributed by atoms with van der Waals surface area (Å²) in [6, 6.07) is 0. The van der Waals surface area contributed by atoms with Crippen LogP contribution >= 0.6 is 11.8 Å². The molecule has 0 amide bonds. The van der Waals surface area contributed by atoms with Gasteiger partial charge in [-0.05, 0) is 6.92 Å². The molecule has 0 unspecified atom stereocenters. The molecule has 2 aromatic rings. The van der Waals surface area contributed by atoms with Gasteiger partial charge in [-0.3, -0.25) is 9.97 Å². The van der Waals surface area contributed by atoms with Crippen LogP contribution in [0.3, 0.4) is 0 Å². The van der Waals surface area contributed by atoms with Crippen molar-refractivity contribution >= 4 is 17.7 Å². The van der Waals surface area contributed by atoms with Gasteiger partial charge in [-0.1, -0.05) is 11.8 Å². The average Bonchev–Trinajstić information content (AvgIpc) is 2.36. The zero-order chi connectivity index (χ0) is 13.8. The van der Waals surface area contributed by atoms with Crippen LogP contribution in [-0.4, -0.2) is 31.0 Å². The van der Waals surface area contributed by atoms with Gasteiger partial charge in [-0.2, -0.15) is 4.98 Å². The highest BCUT2D eigenvalue weighted by Gasteiger charge is 2.17. The van der Waals surface area contributed by atoms with Crippen LogP contribution in [0.1, 0.15) is 21.7 Å². The number of rotatable bonds is 4. The van der Waals surface area contributed by atoms with Crippen LogP contribution in [0.2, 0.25) is 0 Å². The molecule has 2 heterocycles. The van der Waals surface area contributed by atoms with Gasteiger partial charge in [-0.25, -0.2) is 9.59 Å². The molecule has 0 bridgehead atoms. The summed E-state index contributed by atoms with van der Waals surface area (Å²) in [5.41, 5.74) is 0.412. The van der Waals surface area contributed by atoms with Gasteiger partial charge in [0.15, 0.2) is 0 Å². The number of nitrogens with zero attached hydrogens (tertiary/aromatic N) is 3. The predicted octanol–water partition coefficient (Wildman–Crippen LogP) is 0.859. The Labute approximate surface area is 112 Å². The van der Waals surface area contributed by atoms with Crippen molar-refractivity contribution in [3.05, 3.63) is 46.0 Å². The lowest BCUT2D eigenvalue weighted by molar-refractivity contribution is 0.0690. The lowest BCUT2D eigenvalue weighted by Crippen LogP contribution is -2.18. The SMILES string of the molecule is Cc1[nH]c(=O)nc(SCc2cnccn2)c1C(=O)O. The first-order valence-electron chi connectivity index (χ1n) is 5.30. The highest BCUT2D eigenvalue weighted by Crippen LogP contribution is 2.23. The van der Waals surface area contributed by atoms with Crippen LogP contribution < -0.4 is 5.69 Å². The van der Waals surface area contributed by atoms with Gasteiger partial charge in [0.2, 0.25) is 0 Å². The van der Waals surface area contributed by atoms with Crippen LogP contribution in [0.4, 0.5) is 0 Å². The number of carboxylic acid groups (broad SMARTS) is 1. The quantitative estimate of drug-likeness (QED) is 0.630. The lowest BCUT2D eigenvalue weighted by Gasteiger charge is -2.06. The van der Waals surface area contributed by atoms with E-state index in [0.717, 1.165) is 11.8 Å². The Kier molecular flexibility index (Phi) is 3.91. The summed E-state index contributed by atoms with van der Waals surface area (Å²) in [4.78, 5) is 36.5. The minimum atomic E-state index is -1.12. The van der Waals surface area contributed by atoms with Crippen molar-refractivity contribution < 1.29 is 9.90 Å². The average molecular weight is 278 g/mol. The van der Waals surface area contributed by atoms with E-state index < -0.39 is 11.7 Å². The topological polar surface area (TPSA) is 109 Å². The first kappa shape index (κ1) is 13.2. The number of hydrogen-bond donors (Lipinski definition) is 2. The molecule has 0 aliphatic carbocycles. The van der Waals surface area contributed by atoms with E-state index in [2.05, 4.69) is 19.9 Å². The Morgan fingerprint density at radius 2 is 2.26 bits per heavy atom. The summed E-state index contributed by atoms with van der Waals surface area (Å²) in [6.07, 6.45) is 4.67. The Morgan fingerprint density at radius 1 is 1.47 bits per heavy atom. The second-order valence-electron chi connectivity index (χ2n) is 3.64. The molecule has 7 nitrogen and oxygen atoms in total. The number of hydrogen-bond acceptors (Lipinski definition) is 6. The van der Waals surface area contributed by atoms with Crippen molar-refractivity contribution in [2.45, 2.75) is 17.7 Å². The molecule has 0 aliphatic heterocycles. The Balaban J connectivity index is 2.29. The normalized spacial score (nSPS) is 10.4. The fourth-order valence-corrected chi connectivity index (χ4v) is 2.43. The summed E-state index contributed by atoms with van der Waals surface area (Å²) in [7, 11) is 0. The number of carboxylic acids is 1. The van der Waals surface area contributed by atoms with Crippen molar-refractivity contribution in [3.8, 4) is 0 Å². The van der Waals surface area contributed by atoms with Crippen LogP contribution in [-0.2, 0) is 5.75 Å². The molecule has 0 aromatic carbocycles. The molecule has 2 rings (SSSR count). The number of aromatic nitrogens is 4. The Hall–Kier alpha value is -2.22. The van der Waals surface area contributed by atoms with Crippen LogP contribution in [0, 0.1) is 6.92 Å². The van der Waals surface area contributed by atoms with Crippen molar-refractivity contribution in [1.82, 2.24) is 19.9 Å². The molecule has 0 saturated carbocycles. The van der Waals surface area contributed by atoms with E-state index in [-0.39, 0.29) is 16.3 Å². The number of aryl methyl sites for hydroxylation is 1. The molecular weight excluding hydrogens is 268 g/mol. The van der Waals surface area contributed by atoms with Gasteiger partial charge in [0.05, 0.1) is 5.69 Å². The number of H-pyrrole nitrogens is 1.